The van der Waals surface area contributed by atoms with Crippen LogP contribution in [0.4, 0.5) is 14.6 Å². The zero-order valence-corrected chi connectivity index (χ0v) is 22.2. The van der Waals surface area contributed by atoms with Gasteiger partial charge in [0, 0.05) is 29.8 Å². The minimum atomic E-state index is -0.744. The molecule has 208 valence electrons. The van der Waals surface area contributed by atoms with Crippen LogP contribution in [-0.4, -0.2) is 55.3 Å². The zero-order chi connectivity index (χ0) is 28.0. The third kappa shape index (κ3) is 4.55. The molecule has 0 atom stereocenters. The molecule has 0 unspecified atom stereocenters. The van der Waals surface area contributed by atoms with Crippen molar-refractivity contribution in [1.82, 2.24) is 30.0 Å². The summed E-state index contributed by atoms with van der Waals surface area (Å²) in [4.78, 5) is 25.6. The first kappa shape index (κ1) is 25.5. The van der Waals surface area contributed by atoms with Gasteiger partial charge in [-0.2, -0.15) is 9.97 Å². The number of rotatable bonds is 7. The van der Waals surface area contributed by atoms with Crippen LogP contribution >= 0.6 is 0 Å². The van der Waals surface area contributed by atoms with Crippen LogP contribution in [0.2, 0.25) is 0 Å². The van der Waals surface area contributed by atoms with Gasteiger partial charge in [-0.25, -0.2) is 8.78 Å². The molecule has 0 spiro atoms. The van der Waals surface area contributed by atoms with Crippen LogP contribution in [0.3, 0.4) is 0 Å². The number of aromatic nitrogens is 5. The van der Waals surface area contributed by atoms with Gasteiger partial charge < -0.3 is 15.0 Å². The summed E-state index contributed by atoms with van der Waals surface area (Å²) in [6.07, 6.45) is 5.89. The molecule has 0 radical (unpaired) electrons. The van der Waals surface area contributed by atoms with Crippen molar-refractivity contribution in [1.29, 1.82) is 0 Å². The number of benzene rings is 2. The van der Waals surface area contributed by atoms with Gasteiger partial charge in [-0.1, -0.05) is 36.4 Å². The number of fused-ring (bicyclic) bond motifs is 3. The molecule has 2 aromatic carbocycles. The molecule has 2 saturated heterocycles. The van der Waals surface area contributed by atoms with Crippen LogP contribution in [0.15, 0.2) is 59.5 Å². The monoisotopic (exact) mass is 555 g/mol. The summed E-state index contributed by atoms with van der Waals surface area (Å²) in [6, 6.07) is 12.9. The van der Waals surface area contributed by atoms with Crippen molar-refractivity contribution in [3.05, 3.63) is 82.3 Å². The normalized spacial score (nSPS) is 16.3. The second-order valence-corrected chi connectivity index (χ2v) is 10.7. The lowest BCUT2D eigenvalue weighted by Gasteiger charge is -2.31. The van der Waals surface area contributed by atoms with E-state index in [1.165, 1.54) is 12.1 Å². The molecule has 9 nitrogen and oxygen atoms in total. The van der Waals surface area contributed by atoms with E-state index in [2.05, 4.69) is 35.4 Å². The molecule has 0 amide bonds. The van der Waals surface area contributed by atoms with Gasteiger partial charge in [0.15, 0.2) is 17.2 Å². The van der Waals surface area contributed by atoms with E-state index in [1.54, 1.807) is 42.6 Å². The third-order valence-electron chi connectivity index (χ3n) is 8.23. The number of hydrogen-bond donors (Lipinski definition) is 2. The molecule has 5 aromatic rings. The smallest absolute Gasteiger partial charge is 0.319 e. The lowest BCUT2D eigenvalue weighted by Crippen LogP contribution is -2.43. The summed E-state index contributed by atoms with van der Waals surface area (Å²) in [5.74, 6) is -0.983. The van der Waals surface area contributed by atoms with E-state index in [0.29, 0.717) is 12.0 Å². The van der Waals surface area contributed by atoms with Gasteiger partial charge in [-0.3, -0.25) is 9.69 Å². The molecule has 0 bridgehead atoms. The van der Waals surface area contributed by atoms with E-state index in [1.807, 2.05) is 0 Å². The average Bonchev–Trinajstić information content (AvgIpc) is 3.57. The van der Waals surface area contributed by atoms with Crippen molar-refractivity contribution >= 4 is 27.6 Å². The van der Waals surface area contributed by atoms with Gasteiger partial charge in [0.1, 0.15) is 23.6 Å². The first-order valence-electron chi connectivity index (χ1n) is 13.7. The Labute approximate surface area is 233 Å². The van der Waals surface area contributed by atoms with E-state index in [-0.39, 0.29) is 57.1 Å². The fourth-order valence-electron chi connectivity index (χ4n) is 6.19. The number of nitrogens with zero attached hydrogens (tertiary/aromatic N) is 5. The van der Waals surface area contributed by atoms with Gasteiger partial charge in [0.25, 0.3) is 0 Å². The van der Waals surface area contributed by atoms with Crippen molar-refractivity contribution in [2.45, 2.75) is 37.8 Å². The quantitative estimate of drug-likeness (QED) is 0.294. The molecule has 0 saturated carbocycles. The van der Waals surface area contributed by atoms with Gasteiger partial charge in [-0.15, -0.1) is 10.2 Å². The predicted octanol–water partition coefficient (Wildman–Crippen LogP) is 4.83. The highest BCUT2D eigenvalue weighted by Gasteiger charge is 2.45. The fraction of sp³-hybridized carbons (Fsp3) is 0.300. The molecule has 3 aromatic heterocycles. The fourth-order valence-corrected chi connectivity index (χ4v) is 6.19. The van der Waals surface area contributed by atoms with Crippen molar-refractivity contribution in [2.24, 2.45) is 0 Å². The maximum absolute atomic E-state index is 16.3. The maximum atomic E-state index is 16.3. The number of pyridine rings is 1. The summed E-state index contributed by atoms with van der Waals surface area (Å²) >= 11 is 0. The number of H-pyrrole nitrogens is 1. The van der Waals surface area contributed by atoms with Crippen molar-refractivity contribution in [3.63, 3.8) is 0 Å². The number of aromatic amines is 1. The van der Waals surface area contributed by atoms with Gasteiger partial charge in [0.2, 0.25) is 5.56 Å². The Morgan fingerprint density at radius 1 is 0.976 bits per heavy atom. The molecule has 5 heterocycles. The molecular weight excluding hydrogens is 528 g/mol. The standard InChI is InChI=1S/C30H27F2N7O2/c31-21-8-2-6-19-5-1-7-20(23(19)21)25-24(32)26-27(38-37-25)28(34-16-18-9-10-22(40)33-15-18)36-29(35-26)41-17-30-11-3-13-39(30)14-4-12-30/h1-2,5-10,15H,3-4,11-14,16-17H2,(H,33,40)(H,34,35,36). The summed E-state index contributed by atoms with van der Waals surface area (Å²) in [6.45, 7) is 2.77. The average molecular weight is 556 g/mol. The Hall–Kier alpha value is -4.51. The molecule has 11 heteroatoms. The van der Waals surface area contributed by atoms with Crippen LogP contribution < -0.4 is 15.6 Å². The highest BCUT2D eigenvalue weighted by molar-refractivity contribution is 5.98. The molecule has 41 heavy (non-hydrogen) atoms. The van der Waals surface area contributed by atoms with E-state index in [0.717, 1.165) is 44.3 Å². The molecule has 2 N–H and O–H groups in total. The second kappa shape index (κ2) is 10.2. The van der Waals surface area contributed by atoms with Crippen LogP contribution in [0.1, 0.15) is 31.2 Å². The minimum absolute atomic E-state index is 0.0246. The Morgan fingerprint density at radius 3 is 2.56 bits per heavy atom. The first-order valence-corrected chi connectivity index (χ1v) is 13.7. The molecule has 0 aliphatic carbocycles. The molecular formula is C30H27F2N7O2. The minimum Gasteiger partial charge on any atom is -0.461 e. The Morgan fingerprint density at radius 2 is 1.78 bits per heavy atom. The number of ether oxygens (including phenoxy) is 1. The number of nitrogens with one attached hydrogen (secondary N) is 2. The Kier molecular flexibility index (Phi) is 6.30. The number of halogens is 2. The van der Waals surface area contributed by atoms with Crippen molar-refractivity contribution in [2.75, 3.05) is 25.0 Å². The highest BCUT2D eigenvalue weighted by Crippen LogP contribution is 2.39. The van der Waals surface area contributed by atoms with Crippen molar-refractivity contribution in [3.8, 4) is 17.3 Å². The first-order chi connectivity index (χ1) is 20.0. The van der Waals surface area contributed by atoms with E-state index < -0.39 is 11.6 Å². The van der Waals surface area contributed by atoms with Crippen LogP contribution in [0, 0.1) is 11.6 Å². The number of hydrogen-bond acceptors (Lipinski definition) is 8. The van der Waals surface area contributed by atoms with Gasteiger partial charge in [-0.05, 0) is 55.8 Å². The summed E-state index contributed by atoms with van der Waals surface area (Å²) in [7, 11) is 0. The van der Waals surface area contributed by atoms with E-state index >= 15 is 4.39 Å². The topological polar surface area (TPSA) is 109 Å². The van der Waals surface area contributed by atoms with E-state index in [4.69, 9.17) is 4.74 Å². The maximum Gasteiger partial charge on any atom is 0.319 e. The van der Waals surface area contributed by atoms with E-state index in [9.17, 15) is 9.18 Å². The second-order valence-electron chi connectivity index (χ2n) is 10.7. The van der Waals surface area contributed by atoms with Gasteiger partial charge in [0.05, 0.1) is 5.54 Å². The summed E-state index contributed by atoms with van der Waals surface area (Å²) < 4.78 is 37.4. The highest BCUT2D eigenvalue weighted by atomic mass is 19.1. The molecule has 2 fully saturated rings. The summed E-state index contributed by atoms with van der Waals surface area (Å²) in [5, 5.41) is 12.5. The summed E-state index contributed by atoms with van der Waals surface area (Å²) in [5.41, 5.74) is 0.720. The van der Waals surface area contributed by atoms with Crippen molar-refractivity contribution < 1.29 is 13.5 Å². The predicted molar refractivity (Wildman–Crippen MR) is 151 cm³/mol. The largest absolute Gasteiger partial charge is 0.461 e. The SMILES string of the molecule is O=c1ccc(CNc2nc(OCC34CCCN3CCC4)nc3c(F)c(-c4cccc5cccc(F)c45)nnc23)c[nH]1. The van der Waals surface area contributed by atoms with Crippen LogP contribution in [-0.2, 0) is 6.54 Å². The number of anilines is 1. The molecule has 2 aliphatic rings. The molecule has 2 aliphatic heterocycles. The lowest BCUT2D eigenvalue weighted by molar-refractivity contribution is 0.108. The third-order valence-corrected chi connectivity index (χ3v) is 8.23. The van der Waals surface area contributed by atoms with Gasteiger partial charge >= 0.3 is 6.01 Å². The Balaban J connectivity index is 1.31. The molecule has 7 rings (SSSR count). The van der Waals surface area contributed by atoms with Crippen LogP contribution in [0.5, 0.6) is 6.01 Å². The van der Waals surface area contributed by atoms with Crippen LogP contribution in [0.25, 0.3) is 33.1 Å². The Bertz CT molecular complexity index is 1810. The zero-order valence-electron chi connectivity index (χ0n) is 22.2. The lowest BCUT2D eigenvalue weighted by atomic mass is 9.95.